The van der Waals surface area contributed by atoms with Crippen LogP contribution in [0.3, 0.4) is 0 Å². The Morgan fingerprint density at radius 3 is 1.63 bits per heavy atom. The first-order valence-corrected chi connectivity index (χ1v) is 12.0. The average Bonchev–Trinajstić information content (AvgIpc) is 2.62. The molecule has 0 bridgehead atoms. The zero-order valence-electron chi connectivity index (χ0n) is 18.0. The molecule has 0 amide bonds. The van der Waals surface area contributed by atoms with Gasteiger partial charge >= 0.3 is 0 Å². The minimum absolute atomic E-state index is 0.641. The van der Waals surface area contributed by atoms with Crippen LogP contribution in [0, 0.1) is 0 Å². The van der Waals surface area contributed by atoms with E-state index < -0.39 is 0 Å². The van der Waals surface area contributed by atoms with Gasteiger partial charge in [-0.05, 0) is 25.0 Å². The van der Waals surface area contributed by atoms with Crippen LogP contribution in [0.4, 0.5) is 0 Å². The van der Waals surface area contributed by atoms with Gasteiger partial charge in [-0.1, -0.05) is 107 Å². The number of unbranched alkanes of at least 4 members (excludes halogenated alkanes) is 12. The van der Waals surface area contributed by atoms with Gasteiger partial charge in [0.1, 0.15) is 6.54 Å². The van der Waals surface area contributed by atoms with E-state index in [-0.39, 0.29) is 0 Å². The molecule has 0 saturated heterocycles. The molecule has 0 saturated carbocycles. The van der Waals surface area contributed by atoms with Crippen LogP contribution < -0.4 is 0 Å². The number of halogens is 2. The summed E-state index contributed by atoms with van der Waals surface area (Å²) in [4.78, 5) is 0. The Bertz CT molecular complexity index is 499. The summed E-state index contributed by atoms with van der Waals surface area (Å²) in [7, 11) is 4.62. The van der Waals surface area contributed by atoms with E-state index in [2.05, 4.69) is 27.1 Å². The molecule has 1 nitrogen and oxygen atoms in total. The van der Waals surface area contributed by atoms with Gasteiger partial charge in [0.05, 0.1) is 30.7 Å². The van der Waals surface area contributed by atoms with Crippen LogP contribution in [0.25, 0.3) is 0 Å². The molecule has 0 atom stereocenters. The third-order valence-corrected chi connectivity index (χ3v) is 6.20. The lowest BCUT2D eigenvalue weighted by Crippen LogP contribution is -2.39. The van der Waals surface area contributed by atoms with Crippen molar-refractivity contribution in [2.75, 3.05) is 20.6 Å². The zero-order valence-corrected chi connectivity index (χ0v) is 19.6. The summed E-state index contributed by atoms with van der Waals surface area (Å²) >= 11 is 12.2. The molecule has 0 aliphatic heterocycles. The van der Waals surface area contributed by atoms with Gasteiger partial charge in [0.25, 0.3) is 0 Å². The fourth-order valence-corrected chi connectivity index (χ4v) is 4.09. The number of hydrogen-bond acceptors (Lipinski definition) is 0. The second kappa shape index (κ2) is 14.7. The van der Waals surface area contributed by atoms with Gasteiger partial charge in [-0.15, -0.1) is 0 Å². The summed E-state index contributed by atoms with van der Waals surface area (Å²) in [5.74, 6) is 0. The number of benzene rings is 1. The zero-order chi connectivity index (χ0) is 20.0. The van der Waals surface area contributed by atoms with Crippen LogP contribution in [-0.4, -0.2) is 25.1 Å². The first-order valence-electron chi connectivity index (χ1n) is 11.2. The summed E-state index contributed by atoms with van der Waals surface area (Å²) in [6.45, 7) is 4.52. The lowest BCUT2D eigenvalue weighted by molar-refractivity contribution is -0.903. The van der Waals surface area contributed by atoms with E-state index >= 15 is 0 Å². The molecule has 27 heavy (non-hydrogen) atoms. The minimum atomic E-state index is 0.641. The van der Waals surface area contributed by atoms with Gasteiger partial charge in [0, 0.05) is 5.56 Å². The second-order valence-electron chi connectivity index (χ2n) is 8.81. The average molecular weight is 416 g/mol. The van der Waals surface area contributed by atoms with Crippen molar-refractivity contribution in [3.05, 3.63) is 33.8 Å². The maximum atomic E-state index is 6.14. The monoisotopic (exact) mass is 414 g/mol. The number of quaternary nitrogens is 1. The van der Waals surface area contributed by atoms with E-state index in [1.807, 2.05) is 12.1 Å². The molecule has 0 aromatic heterocycles. The van der Waals surface area contributed by atoms with E-state index in [0.29, 0.717) is 10.0 Å². The molecule has 1 aromatic carbocycles. The summed E-state index contributed by atoms with van der Waals surface area (Å²) in [5, 5.41) is 1.30. The van der Waals surface area contributed by atoms with Crippen molar-refractivity contribution in [2.24, 2.45) is 0 Å². The van der Waals surface area contributed by atoms with Crippen molar-refractivity contribution in [1.82, 2.24) is 0 Å². The highest BCUT2D eigenvalue weighted by atomic mass is 35.5. The highest BCUT2D eigenvalue weighted by Gasteiger charge is 2.16. The Balaban J connectivity index is 1.99. The third-order valence-electron chi connectivity index (χ3n) is 5.46. The van der Waals surface area contributed by atoms with Crippen LogP contribution in [0.5, 0.6) is 0 Å². The van der Waals surface area contributed by atoms with Crippen molar-refractivity contribution in [1.29, 1.82) is 0 Å². The molecule has 1 rings (SSSR count). The molecule has 1 aromatic rings. The van der Waals surface area contributed by atoms with Gasteiger partial charge in [-0.3, -0.25) is 0 Å². The Kier molecular flexibility index (Phi) is 13.5. The van der Waals surface area contributed by atoms with Crippen molar-refractivity contribution in [2.45, 2.75) is 96.9 Å². The molecule has 0 unspecified atom stereocenters. The lowest BCUT2D eigenvalue weighted by Gasteiger charge is -2.30. The Morgan fingerprint density at radius 2 is 1.15 bits per heavy atom. The molecule has 0 fully saturated rings. The molecular formula is C24H42Cl2N+. The summed E-state index contributed by atoms with van der Waals surface area (Å²) < 4.78 is 1.01. The Hall–Kier alpha value is -0.240. The molecule has 156 valence electrons. The predicted octanol–water partition coefficient (Wildman–Crippen LogP) is 8.66. The highest BCUT2D eigenvalue weighted by Crippen LogP contribution is 2.24. The van der Waals surface area contributed by atoms with Crippen molar-refractivity contribution >= 4 is 23.2 Å². The summed E-state index contributed by atoms with van der Waals surface area (Å²) in [6.07, 6.45) is 18.3. The first-order chi connectivity index (χ1) is 12.9. The third kappa shape index (κ3) is 12.8. The second-order valence-corrected chi connectivity index (χ2v) is 9.62. The van der Waals surface area contributed by atoms with E-state index in [1.165, 1.54) is 95.6 Å². The number of nitrogens with zero attached hydrogens (tertiary/aromatic N) is 1. The number of hydrogen-bond donors (Lipinski definition) is 0. The minimum Gasteiger partial charge on any atom is -0.325 e. The summed E-state index contributed by atoms with van der Waals surface area (Å²) in [6, 6.07) is 6.01. The van der Waals surface area contributed by atoms with Gasteiger partial charge in [-0.25, -0.2) is 0 Å². The number of rotatable bonds is 16. The lowest BCUT2D eigenvalue weighted by atomic mass is 10.0. The molecule has 0 heterocycles. The van der Waals surface area contributed by atoms with E-state index in [1.54, 1.807) is 0 Å². The maximum absolute atomic E-state index is 6.14. The largest absolute Gasteiger partial charge is 0.325 e. The Morgan fingerprint density at radius 1 is 0.667 bits per heavy atom. The molecule has 0 radical (unpaired) electrons. The highest BCUT2D eigenvalue weighted by molar-refractivity contribution is 6.42. The van der Waals surface area contributed by atoms with Gasteiger partial charge in [-0.2, -0.15) is 0 Å². The predicted molar refractivity (Wildman–Crippen MR) is 123 cm³/mol. The normalized spacial score (nSPS) is 11.9. The molecule has 0 N–H and O–H groups in total. The smallest absolute Gasteiger partial charge is 0.104 e. The van der Waals surface area contributed by atoms with E-state index in [9.17, 15) is 0 Å². The SMILES string of the molecule is CCCCCCCCCCCCCCC[N+](C)(C)Cc1ccc(Cl)c(Cl)c1. The molecule has 0 aliphatic rings. The van der Waals surface area contributed by atoms with Crippen molar-refractivity contribution < 1.29 is 4.48 Å². The van der Waals surface area contributed by atoms with Crippen LogP contribution in [0.1, 0.15) is 96.0 Å². The Labute approximate surface area is 179 Å². The van der Waals surface area contributed by atoms with Crippen LogP contribution in [0.2, 0.25) is 10.0 Å². The molecule has 3 heteroatoms. The van der Waals surface area contributed by atoms with Gasteiger partial charge in [0.2, 0.25) is 0 Å². The van der Waals surface area contributed by atoms with Crippen molar-refractivity contribution in [3.63, 3.8) is 0 Å². The van der Waals surface area contributed by atoms with Crippen LogP contribution in [-0.2, 0) is 6.54 Å². The maximum Gasteiger partial charge on any atom is 0.104 e. The summed E-state index contributed by atoms with van der Waals surface area (Å²) in [5.41, 5.74) is 1.27. The molecular weight excluding hydrogens is 373 g/mol. The van der Waals surface area contributed by atoms with Crippen molar-refractivity contribution in [3.8, 4) is 0 Å². The topological polar surface area (TPSA) is 0 Å². The van der Waals surface area contributed by atoms with Crippen LogP contribution in [0.15, 0.2) is 18.2 Å². The van der Waals surface area contributed by atoms with E-state index in [0.717, 1.165) is 11.0 Å². The first kappa shape index (κ1) is 24.8. The molecule has 0 aliphatic carbocycles. The molecule has 0 spiro atoms. The van der Waals surface area contributed by atoms with E-state index in [4.69, 9.17) is 23.2 Å². The fraction of sp³-hybridized carbons (Fsp3) is 0.750. The van der Waals surface area contributed by atoms with Crippen LogP contribution >= 0.6 is 23.2 Å². The fourth-order valence-electron chi connectivity index (χ4n) is 3.77. The van der Waals surface area contributed by atoms with Gasteiger partial charge < -0.3 is 4.48 Å². The quantitative estimate of drug-likeness (QED) is 0.187. The standard InChI is InChI=1S/C24H42Cl2N/c1-4-5-6-7-8-9-10-11-12-13-14-15-16-19-27(2,3)21-22-17-18-23(25)24(26)20-22/h17-18,20H,4-16,19,21H2,1-3H3/q+1. The van der Waals surface area contributed by atoms with Gasteiger partial charge in [0.15, 0.2) is 0 Å².